The third-order valence-corrected chi connectivity index (χ3v) is 2.41. The first-order valence-electron chi connectivity index (χ1n) is 6.10. The van der Waals surface area contributed by atoms with Crippen LogP contribution in [0.15, 0.2) is 29.8 Å². The van der Waals surface area contributed by atoms with Gasteiger partial charge in [0.15, 0.2) is 11.5 Å². The second-order valence-electron chi connectivity index (χ2n) is 3.76. The second kappa shape index (κ2) is 8.01. The average Bonchev–Trinajstić information content (AvgIpc) is 2.35. The first kappa shape index (κ1) is 14.9. The Balaban J connectivity index is 2.92. The number of rotatable bonds is 8. The van der Waals surface area contributed by atoms with Crippen molar-refractivity contribution in [3.05, 3.63) is 35.4 Å². The van der Waals surface area contributed by atoms with Gasteiger partial charge in [-0.15, -0.1) is 0 Å². The Morgan fingerprint density at radius 2 is 2.11 bits per heavy atom. The molecule has 0 aliphatic carbocycles. The molecule has 0 spiro atoms. The summed E-state index contributed by atoms with van der Waals surface area (Å²) >= 11 is 5.74. The van der Waals surface area contributed by atoms with Crippen LogP contribution < -0.4 is 14.8 Å². The number of nitrogens with one attached hydrogen (secondary N) is 1. The van der Waals surface area contributed by atoms with Crippen molar-refractivity contribution in [2.75, 3.05) is 19.8 Å². The average molecular weight is 270 g/mol. The maximum absolute atomic E-state index is 5.74. The molecule has 3 nitrogen and oxygen atoms in total. The highest BCUT2D eigenvalue weighted by Gasteiger charge is 2.10. The van der Waals surface area contributed by atoms with Gasteiger partial charge >= 0.3 is 0 Å². The lowest BCUT2D eigenvalue weighted by Gasteiger charge is -2.15. The molecule has 0 radical (unpaired) electrons. The minimum Gasteiger partial charge on any atom is -0.490 e. The lowest BCUT2D eigenvalue weighted by atomic mass is 10.2. The molecule has 1 rings (SSSR count). The minimum absolute atomic E-state index is 0.283. The molecule has 0 atom stereocenters. The van der Waals surface area contributed by atoms with Crippen LogP contribution in [0.3, 0.4) is 0 Å². The van der Waals surface area contributed by atoms with Gasteiger partial charge in [0.1, 0.15) is 6.61 Å². The third-order valence-electron chi connectivity index (χ3n) is 2.30. The maximum atomic E-state index is 5.74. The van der Waals surface area contributed by atoms with Crippen LogP contribution in [0, 0.1) is 0 Å². The summed E-state index contributed by atoms with van der Waals surface area (Å²) < 4.78 is 11.2. The fourth-order valence-corrected chi connectivity index (χ4v) is 1.60. The van der Waals surface area contributed by atoms with E-state index in [0.29, 0.717) is 11.6 Å². The Morgan fingerprint density at radius 1 is 1.33 bits per heavy atom. The molecule has 0 fully saturated rings. The summed E-state index contributed by atoms with van der Waals surface area (Å²) in [5.74, 6) is 1.48. The molecule has 18 heavy (non-hydrogen) atoms. The molecule has 100 valence electrons. The van der Waals surface area contributed by atoms with E-state index >= 15 is 0 Å². The van der Waals surface area contributed by atoms with Gasteiger partial charge < -0.3 is 14.8 Å². The Morgan fingerprint density at radius 3 is 2.72 bits per heavy atom. The normalized spacial score (nSPS) is 10.2. The minimum atomic E-state index is 0.283. The van der Waals surface area contributed by atoms with Crippen molar-refractivity contribution in [1.82, 2.24) is 5.32 Å². The van der Waals surface area contributed by atoms with E-state index in [4.69, 9.17) is 21.1 Å². The molecule has 1 aromatic rings. The molecule has 0 aliphatic heterocycles. The number of benzene rings is 1. The molecule has 0 aliphatic rings. The van der Waals surface area contributed by atoms with Crippen molar-refractivity contribution in [3.8, 4) is 11.5 Å². The van der Waals surface area contributed by atoms with Crippen molar-refractivity contribution in [3.63, 3.8) is 0 Å². The fourth-order valence-electron chi connectivity index (χ4n) is 1.54. The van der Waals surface area contributed by atoms with E-state index in [1.165, 1.54) is 0 Å². The van der Waals surface area contributed by atoms with Gasteiger partial charge in [-0.05, 0) is 19.5 Å². The van der Waals surface area contributed by atoms with E-state index in [2.05, 4.69) is 18.8 Å². The van der Waals surface area contributed by atoms with E-state index in [-0.39, 0.29) is 6.61 Å². The highest BCUT2D eigenvalue weighted by atomic mass is 35.5. The largest absolute Gasteiger partial charge is 0.490 e. The molecule has 0 amide bonds. The van der Waals surface area contributed by atoms with Crippen molar-refractivity contribution in [2.45, 2.75) is 20.4 Å². The van der Waals surface area contributed by atoms with Crippen LogP contribution in [0.25, 0.3) is 0 Å². The van der Waals surface area contributed by atoms with Crippen LogP contribution >= 0.6 is 11.6 Å². The fraction of sp³-hybridized carbons (Fsp3) is 0.429. The zero-order chi connectivity index (χ0) is 13.4. The highest BCUT2D eigenvalue weighted by Crippen LogP contribution is 2.31. The molecular weight excluding hydrogens is 250 g/mol. The summed E-state index contributed by atoms with van der Waals surface area (Å²) in [7, 11) is 0. The maximum Gasteiger partial charge on any atom is 0.166 e. The summed E-state index contributed by atoms with van der Waals surface area (Å²) in [6, 6.07) is 5.86. The summed E-state index contributed by atoms with van der Waals surface area (Å²) in [6.07, 6.45) is 0. The lowest BCUT2D eigenvalue weighted by molar-refractivity contribution is 0.293. The van der Waals surface area contributed by atoms with Crippen molar-refractivity contribution < 1.29 is 9.47 Å². The summed E-state index contributed by atoms with van der Waals surface area (Å²) in [6.45, 7) is 10.2. The number of hydrogen-bond donors (Lipinski definition) is 1. The van der Waals surface area contributed by atoms with Crippen LogP contribution in [0.5, 0.6) is 11.5 Å². The summed E-state index contributed by atoms with van der Waals surface area (Å²) in [5.41, 5.74) is 1.06. The van der Waals surface area contributed by atoms with Gasteiger partial charge in [0, 0.05) is 17.1 Å². The monoisotopic (exact) mass is 269 g/mol. The van der Waals surface area contributed by atoms with Crippen molar-refractivity contribution in [1.29, 1.82) is 0 Å². The Bertz CT molecular complexity index is 393. The van der Waals surface area contributed by atoms with E-state index in [9.17, 15) is 0 Å². The SMILES string of the molecule is C=C(Cl)COc1c(CNCC)cccc1OCC. The second-order valence-corrected chi connectivity index (χ2v) is 4.30. The van der Waals surface area contributed by atoms with Crippen LogP contribution in [-0.4, -0.2) is 19.8 Å². The molecule has 0 aromatic heterocycles. The van der Waals surface area contributed by atoms with E-state index in [1.54, 1.807) is 0 Å². The Kier molecular flexibility index (Phi) is 6.61. The number of hydrogen-bond acceptors (Lipinski definition) is 3. The van der Waals surface area contributed by atoms with Gasteiger partial charge in [0.05, 0.1) is 6.61 Å². The lowest BCUT2D eigenvalue weighted by Crippen LogP contribution is -2.13. The molecule has 0 bridgehead atoms. The van der Waals surface area contributed by atoms with Gasteiger partial charge in [0.25, 0.3) is 0 Å². The molecular formula is C14H20ClNO2. The van der Waals surface area contributed by atoms with E-state index in [0.717, 1.165) is 30.2 Å². The zero-order valence-corrected chi connectivity index (χ0v) is 11.7. The van der Waals surface area contributed by atoms with E-state index < -0.39 is 0 Å². The van der Waals surface area contributed by atoms with Crippen LogP contribution in [0.4, 0.5) is 0 Å². The Labute approximate surface area is 114 Å². The predicted molar refractivity (Wildman–Crippen MR) is 75.5 cm³/mol. The molecule has 0 saturated heterocycles. The van der Waals surface area contributed by atoms with Crippen molar-refractivity contribution in [2.24, 2.45) is 0 Å². The van der Waals surface area contributed by atoms with Gasteiger partial charge in [-0.1, -0.05) is 37.2 Å². The van der Waals surface area contributed by atoms with Gasteiger partial charge in [-0.3, -0.25) is 0 Å². The Hall–Kier alpha value is -1.19. The smallest absolute Gasteiger partial charge is 0.166 e. The molecule has 4 heteroatoms. The number of ether oxygens (including phenoxy) is 2. The predicted octanol–water partition coefficient (Wildman–Crippen LogP) is 3.33. The van der Waals surface area contributed by atoms with Crippen LogP contribution in [0.2, 0.25) is 0 Å². The molecule has 0 unspecified atom stereocenters. The topological polar surface area (TPSA) is 30.5 Å². The van der Waals surface area contributed by atoms with E-state index in [1.807, 2.05) is 25.1 Å². The molecule has 1 N–H and O–H groups in total. The highest BCUT2D eigenvalue weighted by molar-refractivity contribution is 6.29. The standard InChI is InChI=1S/C14H20ClNO2/c1-4-16-9-12-7-6-8-13(17-5-2)14(12)18-10-11(3)15/h6-8,16H,3-5,9-10H2,1-2H3. The number of para-hydroxylation sites is 1. The molecule has 0 heterocycles. The van der Waals surface area contributed by atoms with Crippen LogP contribution in [-0.2, 0) is 6.54 Å². The summed E-state index contributed by atoms with van der Waals surface area (Å²) in [5, 5.41) is 3.74. The zero-order valence-electron chi connectivity index (χ0n) is 11.0. The third kappa shape index (κ3) is 4.59. The number of halogens is 1. The molecule has 1 aromatic carbocycles. The van der Waals surface area contributed by atoms with Crippen molar-refractivity contribution >= 4 is 11.6 Å². The first-order valence-corrected chi connectivity index (χ1v) is 6.48. The summed E-state index contributed by atoms with van der Waals surface area (Å²) in [4.78, 5) is 0. The first-order chi connectivity index (χ1) is 8.69. The van der Waals surface area contributed by atoms with Crippen LogP contribution in [0.1, 0.15) is 19.4 Å². The quantitative estimate of drug-likeness (QED) is 0.785. The van der Waals surface area contributed by atoms with Gasteiger partial charge in [-0.25, -0.2) is 0 Å². The van der Waals surface area contributed by atoms with Gasteiger partial charge in [-0.2, -0.15) is 0 Å². The molecule has 0 saturated carbocycles. The van der Waals surface area contributed by atoms with Gasteiger partial charge in [0.2, 0.25) is 0 Å².